The van der Waals surface area contributed by atoms with Crippen molar-refractivity contribution >= 4 is 11.6 Å². The molecule has 0 aliphatic heterocycles. The zero-order valence-corrected chi connectivity index (χ0v) is 11.7. The van der Waals surface area contributed by atoms with Crippen molar-refractivity contribution in [3.63, 3.8) is 0 Å². The van der Waals surface area contributed by atoms with E-state index in [9.17, 15) is 4.79 Å². The van der Waals surface area contributed by atoms with E-state index in [1.54, 1.807) is 23.3 Å². The molecule has 0 atom stereocenters. The van der Waals surface area contributed by atoms with Gasteiger partial charge in [-0.25, -0.2) is 0 Å². The molecule has 0 aliphatic carbocycles. The number of amides is 1. The van der Waals surface area contributed by atoms with E-state index in [1.807, 2.05) is 24.3 Å². The lowest BCUT2D eigenvalue weighted by Crippen LogP contribution is -2.32. The highest BCUT2D eigenvalue weighted by Crippen LogP contribution is 2.14. The number of nitrogens with two attached hydrogens (primary N) is 1. The van der Waals surface area contributed by atoms with Crippen LogP contribution in [0.1, 0.15) is 17.7 Å². The van der Waals surface area contributed by atoms with Gasteiger partial charge < -0.3 is 15.1 Å². The largest absolute Gasteiger partial charge is 0.467 e. The van der Waals surface area contributed by atoms with Crippen molar-refractivity contribution in [1.29, 1.82) is 5.26 Å². The summed E-state index contributed by atoms with van der Waals surface area (Å²) in [6, 6.07) is 12.9. The van der Waals surface area contributed by atoms with Crippen molar-refractivity contribution in [2.45, 2.75) is 19.4 Å². The van der Waals surface area contributed by atoms with Crippen LogP contribution in [0.25, 0.3) is 0 Å². The molecule has 2 aromatic rings. The van der Waals surface area contributed by atoms with Crippen LogP contribution in [0.2, 0.25) is 0 Å². The molecule has 0 radical (unpaired) electrons. The van der Waals surface area contributed by atoms with Gasteiger partial charge >= 0.3 is 0 Å². The highest BCUT2D eigenvalue weighted by atomic mass is 16.3. The van der Waals surface area contributed by atoms with Gasteiger partial charge in [0.05, 0.1) is 31.7 Å². The molecule has 0 saturated heterocycles. The zero-order chi connectivity index (χ0) is 15.1. The number of hydrogen-bond donors (Lipinski definition) is 1. The number of carbonyl (C=O) groups is 1. The Labute approximate surface area is 123 Å². The Hall–Kier alpha value is -2.74. The van der Waals surface area contributed by atoms with Crippen molar-refractivity contribution in [3.8, 4) is 6.07 Å². The maximum Gasteiger partial charge on any atom is 0.227 e. The topological polar surface area (TPSA) is 83.3 Å². The van der Waals surface area contributed by atoms with E-state index in [0.717, 1.165) is 5.56 Å². The molecule has 0 unspecified atom stereocenters. The summed E-state index contributed by atoms with van der Waals surface area (Å²) in [7, 11) is 0. The molecular formula is C16H17N3O2. The minimum atomic E-state index is -0.0699. The van der Waals surface area contributed by atoms with Crippen molar-refractivity contribution in [1.82, 2.24) is 4.90 Å². The van der Waals surface area contributed by atoms with Gasteiger partial charge in [0.15, 0.2) is 0 Å². The van der Waals surface area contributed by atoms with Crippen LogP contribution in [0.4, 0.5) is 5.69 Å². The average Bonchev–Trinajstić information content (AvgIpc) is 2.98. The number of anilines is 1. The monoisotopic (exact) mass is 283 g/mol. The molecule has 0 spiro atoms. The molecule has 0 saturated carbocycles. The molecule has 1 aromatic heterocycles. The molecule has 5 heteroatoms. The fourth-order valence-electron chi connectivity index (χ4n) is 2.04. The third-order valence-electron chi connectivity index (χ3n) is 3.17. The van der Waals surface area contributed by atoms with Crippen molar-refractivity contribution in [3.05, 3.63) is 54.0 Å². The maximum atomic E-state index is 12.4. The van der Waals surface area contributed by atoms with Crippen LogP contribution in [0.3, 0.4) is 0 Å². The number of furan rings is 1. The van der Waals surface area contributed by atoms with Gasteiger partial charge in [0, 0.05) is 12.2 Å². The van der Waals surface area contributed by atoms with Gasteiger partial charge in [0.2, 0.25) is 5.91 Å². The van der Waals surface area contributed by atoms with Gasteiger partial charge in [-0.15, -0.1) is 0 Å². The highest BCUT2D eigenvalue weighted by molar-refractivity contribution is 5.80. The molecule has 1 heterocycles. The Morgan fingerprint density at radius 2 is 2.10 bits per heavy atom. The van der Waals surface area contributed by atoms with E-state index in [-0.39, 0.29) is 18.7 Å². The van der Waals surface area contributed by atoms with Gasteiger partial charge in [-0.3, -0.25) is 4.79 Å². The van der Waals surface area contributed by atoms with E-state index >= 15 is 0 Å². The number of nitrogens with zero attached hydrogens (tertiary/aromatic N) is 2. The number of carbonyl (C=O) groups excluding carboxylic acids is 1. The van der Waals surface area contributed by atoms with Crippen LogP contribution in [0.5, 0.6) is 0 Å². The Morgan fingerprint density at radius 3 is 2.76 bits per heavy atom. The summed E-state index contributed by atoms with van der Waals surface area (Å²) in [5.74, 6) is 0.627. The van der Waals surface area contributed by atoms with Crippen LogP contribution in [0.15, 0.2) is 47.1 Å². The van der Waals surface area contributed by atoms with E-state index in [4.69, 9.17) is 15.4 Å². The second-order valence-electron chi connectivity index (χ2n) is 4.68. The molecule has 1 aromatic carbocycles. The predicted octanol–water partition coefficient (Wildman–Crippen LogP) is 2.35. The summed E-state index contributed by atoms with van der Waals surface area (Å²) in [6.45, 7) is 0.739. The minimum absolute atomic E-state index is 0.0699. The molecular weight excluding hydrogens is 266 g/mol. The van der Waals surface area contributed by atoms with Crippen molar-refractivity contribution in [2.75, 3.05) is 12.3 Å². The van der Waals surface area contributed by atoms with Crippen LogP contribution in [-0.4, -0.2) is 17.4 Å². The van der Waals surface area contributed by atoms with Crippen molar-refractivity contribution in [2.24, 2.45) is 0 Å². The summed E-state index contributed by atoms with van der Waals surface area (Å²) in [5, 5.41) is 8.73. The van der Waals surface area contributed by atoms with Gasteiger partial charge in [-0.2, -0.15) is 5.26 Å². The number of benzene rings is 1. The molecule has 21 heavy (non-hydrogen) atoms. The van der Waals surface area contributed by atoms with E-state index in [1.165, 1.54) is 0 Å². The summed E-state index contributed by atoms with van der Waals surface area (Å²) in [6.07, 6.45) is 2.08. The number of nitriles is 1. The average molecular weight is 283 g/mol. The standard InChI is InChI=1S/C16H17N3O2/c17-8-4-9-19(12-14-6-3-10-21-14)16(20)11-13-5-1-2-7-15(13)18/h1-3,5-7,10H,4,9,11-12,18H2. The van der Waals surface area contributed by atoms with Gasteiger partial charge in [0.1, 0.15) is 5.76 Å². The summed E-state index contributed by atoms with van der Waals surface area (Å²) in [4.78, 5) is 14.0. The van der Waals surface area contributed by atoms with Gasteiger partial charge in [0.25, 0.3) is 0 Å². The fraction of sp³-hybridized carbons (Fsp3) is 0.250. The molecule has 0 aliphatic rings. The third-order valence-corrected chi connectivity index (χ3v) is 3.17. The first-order chi connectivity index (χ1) is 10.2. The molecule has 0 bridgehead atoms. The van der Waals surface area contributed by atoms with Crippen LogP contribution < -0.4 is 5.73 Å². The van der Waals surface area contributed by atoms with Crippen molar-refractivity contribution < 1.29 is 9.21 Å². The summed E-state index contributed by atoms with van der Waals surface area (Å²) < 4.78 is 5.27. The van der Waals surface area contributed by atoms with E-state index < -0.39 is 0 Å². The van der Waals surface area contributed by atoms with Crippen LogP contribution in [0, 0.1) is 11.3 Å². The third kappa shape index (κ3) is 4.11. The van der Waals surface area contributed by atoms with E-state index in [2.05, 4.69) is 6.07 Å². The fourth-order valence-corrected chi connectivity index (χ4v) is 2.04. The number of para-hydroxylation sites is 1. The molecule has 108 valence electrons. The number of nitrogen functional groups attached to an aromatic ring is 1. The summed E-state index contributed by atoms with van der Waals surface area (Å²) >= 11 is 0. The first kappa shape index (κ1) is 14.7. The minimum Gasteiger partial charge on any atom is -0.467 e. The molecule has 0 fully saturated rings. The molecule has 2 N–H and O–H groups in total. The lowest BCUT2D eigenvalue weighted by atomic mass is 10.1. The normalized spacial score (nSPS) is 10.0. The second kappa shape index (κ2) is 7.15. The second-order valence-corrected chi connectivity index (χ2v) is 4.68. The van der Waals surface area contributed by atoms with Gasteiger partial charge in [-0.1, -0.05) is 18.2 Å². The number of hydrogen-bond acceptors (Lipinski definition) is 4. The van der Waals surface area contributed by atoms with Gasteiger partial charge in [-0.05, 0) is 23.8 Å². The first-order valence-electron chi connectivity index (χ1n) is 6.71. The predicted molar refractivity (Wildman–Crippen MR) is 78.9 cm³/mol. The molecule has 2 rings (SSSR count). The maximum absolute atomic E-state index is 12.4. The van der Waals surface area contributed by atoms with E-state index in [0.29, 0.717) is 24.5 Å². The Balaban J connectivity index is 2.07. The Bertz CT molecular complexity index is 629. The zero-order valence-electron chi connectivity index (χ0n) is 11.7. The highest BCUT2D eigenvalue weighted by Gasteiger charge is 2.16. The lowest BCUT2D eigenvalue weighted by Gasteiger charge is -2.21. The van der Waals surface area contributed by atoms with Crippen LogP contribution >= 0.6 is 0 Å². The van der Waals surface area contributed by atoms with Crippen LogP contribution in [-0.2, 0) is 17.8 Å². The Kier molecular flexibility index (Phi) is 4.99. The Morgan fingerprint density at radius 1 is 1.29 bits per heavy atom. The number of rotatable bonds is 6. The quantitative estimate of drug-likeness (QED) is 0.825. The first-order valence-corrected chi connectivity index (χ1v) is 6.71. The molecule has 5 nitrogen and oxygen atoms in total. The molecule has 1 amide bonds. The summed E-state index contributed by atoms with van der Waals surface area (Å²) in [5.41, 5.74) is 7.26. The lowest BCUT2D eigenvalue weighted by molar-refractivity contribution is -0.131. The smallest absolute Gasteiger partial charge is 0.227 e. The SMILES string of the molecule is N#CCCN(Cc1ccco1)C(=O)Cc1ccccc1N.